The van der Waals surface area contributed by atoms with Crippen LogP contribution in [-0.4, -0.2) is 30.6 Å². The number of halogens is 1. The molecule has 0 bridgehead atoms. The highest BCUT2D eigenvalue weighted by Crippen LogP contribution is 2.19. The second-order valence-electron chi connectivity index (χ2n) is 6.49. The third-order valence-electron chi connectivity index (χ3n) is 4.50. The van der Waals surface area contributed by atoms with E-state index in [2.05, 4.69) is 58.6 Å². The lowest BCUT2D eigenvalue weighted by Gasteiger charge is -2.16. The first-order chi connectivity index (χ1) is 12.8. The zero-order chi connectivity index (χ0) is 18.2. The Morgan fingerprint density at radius 1 is 1.15 bits per heavy atom. The van der Waals surface area contributed by atoms with Crippen LogP contribution in [0.15, 0.2) is 35.5 Å². The Labute approximate surface area is 183 Å². The van der Waals surface area contributed by atoms with E-state index < -0.39 is 0 Å². The highest BCUT2D eigenvalue weighted by molar-refractivity contribution is 14.0. The molecule has 2 aromatic heterocycles. The van der Waals surface area contributed by atoms with E-state index >= 15 is 0 Å². The molecule has 148 valence electrons. The van der Waals surface area contributed by atoms with Crippen molar-refractivity contribution in [2.75, 3.05) is 24.5 Å². The van der Waals surface area contributed by atoms with Gasteiger partial charge in [0.2, 0.25) is 0 Å². The molecule has 5 nitrogen and oxygen atoms in total. The molecule has 7 heteroatoms. The lowest BCUT2D eigenvalue weighted by molar-refractivity contribution is 0.822. The van der Waals surface area contributed by atoms with E-state index in [4.69, 9.17) is 4.99 Å². The van der Waals surface area contributed by atoms with Crippen LogP contribution in [0.3, 0.4) is 0 Å². The predicted octanol–water partition coefficient (Wildman–Crippen LogP) is 4.18. The van der Waals surface area contributed by atoms with Crippen LogP contribution in [0.5, 0.6) is 0 Å². The van der Waals surface area contributed by atoms with Gasteiger partial charge in [0.1, 0.15) is 5.82 Å². The Morgan fingerprint density at radius 3 is 2.63 bits per heavy atom. The molecule has 1 fully saturated rings. The predicted molar refractivity (Wildman–Crippen MR) is 126 cm³/mol. The number of guanidine groups is 1. The second-order valence-corrected chi connectivity index (χ2v) is 7.74. The Kier molecular flexibility index (Phi) is 9.33. The normalized spacial score (nSPS) is 14.1. The molecule has 0 saturated carbocycles. The van der Waals surface area contributed by atoms with Crippen LogP contribution in [-0.2, 0) is 19.5 Å². The van der Waals surface area contributed by atoms with Crippen LogP contribution >= 0.6 is 35.3 Å². The second kappa shape index (κ2) is 11.5. The molecule has 0 radical (unpaired) electrons. The summed E-state index contributed by atoms with van der Waals surface area (Å²) in [5, 5.41) is 6.77. The van der Waals surface area contributed by atoms with Crippen molar-refractivity contribution in [2.45, 2.75) is 46.2 Å². The molecule has 0 unspecified atom stereocenters. The molecule has 3 rings (SSSR count). The summed E-state index contributed by atoms with van der Waals surface area (Å²) in [5.41, 5.74) is 1.20. The topological polar surface area (TPSA) is 52.6 Å². The molecular weight excluding hydrogens is 469 g/mol. The van der Waals surface area contributed by atoms with Crippen molar-refractivity contribution in [2.24, 2.45) is 4.99 Å². The van der Waals surface area contributed by atoms with Crippen LogP contribution in [0.2, 0.25) is 0 Å². The van der Waals surface area contributed by atoms with Crippen LogP contribution in [0.1, 0.15) is 42.0 Å². The Bertz CT molecular complexity index is 725. The maximum atomic E-state index is 4.75. The molecule has 0 atom stereocenters. The number of aliphatic imine (C=N–C) groups is 1. The van der Waals surface area contributed by atoms with Crippen LogP contribution in [0, 0.1) is 0 Å². The molecule has 0 spiro atoms. The van der Waals surface area contributed by atoms with Gasteiger partial charge in [0, 0.05) is 35.6 Å². The molecule has 2 aromatic rings. The van der Waals surface area contributed by atoms with Gasteiger partial charge in [-0.2, -0.15) is 0 Å². The fourth-order valence-electron chi connectivity index (χ4n) is 3.07. The van der Waals surface area contributed by atoms with Crippen molar-refractivity contribution in [3.63, 3.8) is 0 Å². The molecule has 3 heterocycles. The number of nitrogens with one attached hydrogen (secondary N) is 2. The summed E-state index contributed by atoms with van der Waals surface area (Å²) in [5.74, 6) is 1.94. The zero-order valence-corrected chi connectivity index (χ0v) is 19.3. The summed E-state index contributed by atoms with van der Waals surface area (Å²) in [4.78, 5) is 14.4. The van der Waals surface area contributed by atoms with E-state index in [1.807, 2.05) is 17.5 Å². The van der Waals surface area contributed by atoms with Crippen molar-refractivity contribution in [1.82, 2.24) is 15.6 Å². The first-order valence-electron chi connectivity index (χ1n) is 9.58. The SMILES string of the molecule is CCNC(=NCc1ccnc(N2CCCC2)c1)NCc1ccc(CC)s1.I. The number of hydrogen-bond acceptors (Lipinski definition) is 4. The van der Waals surface area contributed by atoms with Crippen molar-refractivity contribution in [3.05, 3.63) is 45.8 Å². The van der Waals surface area contributed by atoms with Gasteiger partial charge in [0.25, 0.3) is 0 Å². The number of rotatable bonds is 7. The van der Waals surface area contributed by atoms with Gasteiger partial charge >= 0.3 is 0 Å². The average Bonchev–Trinajstić information content (AvgIpc) is 3.36. The zero-order valence-electron chi connectivity index (χ0n) is 16.2. The number of hydrogen-bond donors (Lipinski definition) is 2. The molecule has 1 aliphatic rings. The molecule has 0 amide bonds. The molecule has 27 heavy (non-hydrogen) atoms. The minimum atomic E-state index is 0. The number of nitrogens with zero attached hydrogens (tertiary/aromatic N) is 3. The Morgan fingerprint density at radius 2 is 1.93 bits per heavy atom. The number of anilines is 1. The smallest absolute Gasteiger partial charge is 0.191 e. The third kappa shape index (κ3) is 6.64. The number of pyridine rings is 1. The minimum absolute atomic E-state index is 0. The monoisotopic (exact) mass is 499 g/mol. The number of thiophene rings is 1. The lowest BCUT2D eigenvalue weighted by atomic mass is 10.2. The summed E-state index contributed by atoms with van der Waals surface area (Å²) in [6.45, 7) is 8.84. The molecule has 0 aliphatic carbocycles. The summed E-state index contributed by atoms with van der Waals surface area (Å²) in [7, 11) is 0. The third-order valence-corrected chi connectivity index (χ3v) is 5.73. The summed E-state index contributed by atoms with van der Waals surface area (Å²) >= 11 is 1.86. The van der Waals surface area contributed by atoms with Crippen LogP contribution in [0.4, 0.5) is 5.82 Å². The molecule has 0 aromatic carbocycles. The Balaban J connectivity index is 0.00000261. The van der Waals surface area contributed by atoms with Gasteiger partial charge in [-0.05, 0) is 56.0 Å². The number of aryl methyl sites for hydroxylation is 1. The fourth-order valence-corrected chi connectivity index (χ4v) is 3.97. The quantitative estimate of drug-likeness (QED) is 0.341. The summed E-state index contributed by atoms with van der Waals surface area (Å²) in [6, 6.07) is 8.64. The lowest BCUT2D eigenvalue weighted by Crippen LogP contribution is -2.36. The van der Waals surface area contributed by atoms with Crippen molar-refractivity contribution in [1.29, 1.82) is 0 Å². The van der Waals surface area contributed by atoms with Gasteiger partial charge in [0.05, 0.1) is 13.1 Å². The van der Waals surface area contributed by atoms with Crippen molar-refractivity contribution >= 4 is 47.1 Å². The van der Waals surface area contributed by atoms with Gasteiger partial charge in [-0.1, -0.05) is 6.92 Å². The van der Waals surface area contributed by atoms with E-state index in [0.29, 0.717) is 6.54 Å². The first-order valence-corrected chi connectivity index (χ1v) is 10.4. The molecule has 1 aliphatic heterocycles. The van der Waals surface area contributed by atoms with Crippen molar-refractivity contribution in [3.8, 4) is 0 Å². The molecule has 2 N–H and O–H groups in total. The van der Waals surface area contributed by atoms with Gasteiger partial charge in [-0.25, -0.2) is 9.98 Å². The van der Waals surface area contributed by atoms with Crippen LogP contribution < -0.4 is 15.5 Å². The van der Waals surface area contributed by atoms with Crippen molar-refractivity contribution < 1.29 is 0 Å². The van der Waals surface area contributed by atoms with E-state index in [-0.39, 0.29) is 24.0 Å². The minimum Gasteiger partial charge on any atom is -0.357 e. The highest BCUT2D eigenvalue weighted by atomic mass is 127. The summed E-state index contributed by atoms with van der Waals surface area (Å²) in [6.07, 6.45) is 5.53. The van der Waals surface area contributed by atoms with Gasteiger partial charge < -0.3 is 15.5 Å². The Hall–Kier alpha value is -1.35. The van der Waals surface area contributed by atoms with Gasteiger partial charge in [-0.3, -0.25) is 0 Å². The molecular formula is C20H30IN5S. The average molecular weight is 499 g/mol. The maximum absolute atomic E-state index is 4.75. The first kappa shape index (κ1) is 21.9. The van der Waals surface area contributed by atoms with Gasteiger partial charge in [0.15, 0.2) is 5.96 Å². The number of aromatic nitrogens is 1. The summed E-state index contributed by atoms with van der Waals surface area (Å²) < 4.78 is 0. The van der Waals surface area contributed by atoms with E-state index in [9.17, 15) is 0 Å². The largest absolute Gasteiger partial charge is 0.357 e. The van der Waals surface area contributed by atoms with E-state index in [1.165, 1.54) is 28.2 Å². The van der Waals surface area contributed by atoms with Crippen LogP contribution in [0.25, 0.3) is 0 Å². The maximum Gasteiger partial charge on any atom is 0.191 e. The van der Waals surface area contributed by atoms with Gasteiger partial charge in [-0.15, -0.1) is 35.3 Å². The standard InChI is InChI=1S/C20H29N5S.HI/c1-3-17-7-8-18(26-17)15-24-20(21-4-2)23-14-16-9-10-22-19(13-16)25-11-5-6-12-25;/h7-10,13H,3-6,11-12,14-15H2,1-2H3,(H2,21,23,24);1H. The van der Waals surface area contributed by atoms with E-state index in [1.54, 1.807) is 0 Å². The fraction of sp³-hybridized carbons (Fsp3) is 0.500. The highest BCUT2D eigenvalue weighted by Gasteiger charge is 2.13. The molecule has 1 saturated heterocycles. The van der Waals surface area contributed by atoms with E-state index in [0.717, 1.165) is 44.4 Å².